The first-order valence-electron chi connectivity index (χ1n) is 5.22. The number of benzene rings is 1. The third-order valence-electron chi connectivity index (χ3n) is 3.01. The summed E-state index contributed by atoms with van der Waals surface area (Å²) in [5.74, 6) is 3.66. The maximum Gasteiger partial charge on any atom is 0.0506 e. The third kappa shape index (κ3) is 1.55. The molecule has 2 rings (SSSR count). The molecule has 1 aromatic rings. The molecule has 1 fully saturated rings. The van der Waals surface area contributed by atoms with Gasteiger partial charge in [-0.1, -0.05) is 30.2 Å². The molecule has 72 valence electrons. The molecule has 1 aromatic carbocycles. The molecule has 0 bridgehead atoms. The Morgan fingerprint density at radius 3 is 2.50 bits per heavy atom. The summed E-state index contributed by atoms with van der Waals surface area (Å²) < 4.78 is 0. The molecule has 1 aliphatic carbocycles. The van der Waals surface area contributed by atoms with E-state index in [2.05, 4.69) is 44.0 Å². The van der Waals surface area contributed by atoms with Gasteiger partial charge in [0.25, 0.3) is 0 Å². The molecule has 0 unspecified atom stereocenters. The molecule has 0 amide bonds. The van der Waals surface area contributed by atoms with Crippen molar-refractivity contribution in [3.05, 3.63) is 35.4 Å². The molecule has 1 saturated carbocycles. The Hall–Kier alpha value is -1.22. The highest BCUT2D eigenvalue weighted by Crippen LogP contribution is 2.44. The molecule has 1 aliphatic rings. The monoisotopic (exact) mass is 184 g/mol. The van der Waals surface area contributed by atoms with Crippen LogP contribution in [0.4, 0.5) is 0 Å². The maximum absolute atomic E-state index is 5.58. The van der Waals surface area contributed by atoms with Gasteiger partial charge in [0.05, 0.1) is 5.41 Å². The molecule has 0 aromatic heterocycles. The summed E-state index contributed by atoms with van der Waals surface area (Å²) in [7, 11) is 0. The Morgan fingerprint density at radius 1 is 1.29 bits per heavy atom. The minimum atomic E-state index is -0.126. The van der Waals surface area contributed by atoms with Gasteiger partial charge in [-0.3, -0.25) is 0 Å². The van der Waals surface area contributed by atoms with Crippen LogP contribution < -0.4 is 0 Å². The average Bonchev–Trinajstić information content (AvgIpc) is 3.01. The number of hydrogen-bond donors (Lipinski definition) is 0. The lowest BCUT2D eigenvalue weighted by Crippen LogP contribution is -2.16. The predicted octanol–water partition coefficient (Wildman–Crippen LogP) is 3.47. The fourth-order valence-electron chi connectivity index (χ4n) is 1.89. The van der Waals surface area contributed by atoms with E-state index in [9.17, 15) is 0 Å². The Labute approximate surface area is 86.3 Å². The van der Waals surface area contributed by atoms with E-state index in [4.69, 9.17) is 6.42 Å². The van der Waals surface area contributed by atoms with E-state index in [-0.39, 0.29) is 5.41 Å². The van der Waals surface area contributed by atoms with E-state index >= 15 is 0 Å². The standard InChI is InChI=1S/C14H16/c1-4-14(2,3)13-8-6-5-7-12(13)11-9-10-11/h1,5-8,11H,9-10H2,2-3H3. The van der Waals surface area contributed by atoms with Crippen LogP contribution in [-0.2, 0) is 5.41 Å². The van der Waals surface area contributed by atoms with Gasteiger partial charge in [-0.25, -0.2) is 0 Å². The zero-order chi connectivity index (χ0) is 10.2. The molecule has 0 nitrogen and oxygen atoms in total. The lowest BCUT2D eigenvalue weighted by molar-refractivity contribution is 0.687. The van der Waals surface area contributed by atoms with Crippen molar-refractivity contribution in [3.8, 4) is 12.3 Å². The van der Waals surface area contributed by atoms with Gasteiger partial charge < -0.3 is 0 Å². The molecular formula is C14H16. The molecule has 0 atom stereocenters. The van der Waals surface area contributed by atoms with Crippen LogP contribution in [0, 0.1) is 12.3 Å². The van der Waals surface area contributed by atoms with Crippen molar-refractivity contribution in [1.29, 1.82) is 0 Å². The van der Waals surface area contributed by atoms with E-state index in [1.54, 1.807) is 0 Å². The third-order valence-corrected chi connectivity index (χ3v) is 3.01. The van der Waals surface area contributed by atoms with Gasteiger partial charge in [0, 0.05) is 0 Å². The highest BCUT2D eigenvalue weighted by Gasteiger charge is 2.30. The highest BCUT2D eigenvalue weighted by atomic mass is 14.3. The van der Waals surface area contributed by atoms with Crippen LogP contribution in [0.25, 0.3) is 0 Å². The van der Waals surface area contributed by atoms with Crippen LogP contribution in [0.5, 0.6) is 0 Å². The van der Waals surface area contributed by atoms with Crippen molar-refractivity contribution >= 4 is 0 Å². The van der Waals surface area contributed by atoms with Crippen LogP contribution in [0.1, 0.15) is 43.7 Å². The van der Waals surface area contributed by atoms with Crippen LogP contribution >= 0.6 is 0 Å². The van der Waals surface area contributed by atoms with Crippen LogP contribution in [0.15, 0.2) is 24.3 Å². The molecule has 0 aliphatic heterocycles. The molecule has 0 radical (unpaired) electrons. The number of terminal acetylenes is 1. The van der Waals surface area contributed by atoms with Gasteiger partial charge in [-0.2, -0.15) is 0 Å². The van der Waals surface area contributed by atoms with Gasteiger partial charge in [-0.05, 0) is 43.7 Å². The fourth-order valence-corrected chi connectivity index (χ4v) is 1.89. The van der Waals surface area contributed by atoms with Gasteiger partial charge >= 0.3 is 0 Å². The van der Waals surface area contributed by atoms with Crippen molar-refractivity contribution < 1.29 is 0 Å². The Morgan fingerprint density at radius 2 is 1.93 bits per heavy atom. The number of rotatable bonds is 2. The van der Waals surface area contributed by atoms with Crippen LogP contribution in [-0.4, -0.2) is 0 Å². The average molecular weight is 184 g/mol. The lowest BCUT2D eigenvalue weighted by atomic mass is 9.81. The molecule has 0 spiro atoms. The first kappa shape index (κ1) is 9.34. The molecule has 0 saturated heterocycles. The van der Waals surface area contributed by atoms with Crippen LogP contribution in [0.3, 0.4) is 0 Å². The second kappa shape index (κ2) is 3.17. The van der Waals surface area contributed by atoms with E-state index in [0.29, 0.717) is 0 Å². The predicted molar refractivity (Wildman–Crippen MR) is 60.3 cm³/mol. The first-order valence-corrected chi connectivity index (χ1v) is 5.22. The van der Waals surface area contributed by atoms with Crippen molar-refractivity contribution in [2.24, 2.45) is 0 Å². The van der Waals surface area contributed by atoms with Gasteiger partial charge in [0.2, 0.25) is 0 Å². The molecule has 0 heteroatoms. The van der Waals surface area contributed by atoms with E-state index in [0.717, 1.165) is 5.92 Å². The van der Waals surface area contributed by atoms with Gasteiger partial charge in [-0.15, -0.1) is 6.42 Å². The maximum atomic E-state index is 5.58. The minimum Gasteiger partial charge on any atom is -0.119 e. The quantitative estimate of drug-likeness (QED) is 0.617. The summed E-state index contributed by atoms with van der Waals surface area (Å²) in [5.41, 5.74) is 2.68. The molecular weight excluding hydrogens is 168 g/mol. The molecule has 0 heterocycles. The topological polar surface area (TPSA) is 0 Å². The van der Waals surface area contributed by atoms with E-state index in [1.165, 1.54) is 24.0 Å². The van der Waals surface area contributed by atoms with Crippen molar-refractivity contribution in [2.45, 2.75) is 38.0 Å². The summed E-state index contributed by atoms with van der Waals surface area (Å²) in [6.45, 7) is 4.24. The first-order chi connectivity index (χ1) is 6.65. The largest absolute Gasteiger partial charge is 0.119 e. The minimum absolute atomic E-state index is 0.126. The zero-order valence-corrected chi connectivity index (χ0v) is 8.88. The van der Waals surface area contributed by atoms with E-state index in [1.807, 2.05) is 0 Å². The second-order valence-corrected chi connectivity index (χ2v) is 4.63. The summed E-state index contributed by atoms with van der Waals surface area (Å²) >= 11 is 0. The second-order valence-electron chi connectivity index (χ2n) is 4.63. The Balaban J connectivity index is 2.47. The smallest absolute Gasteiger partial charge is 0.0506 e. The molecule has 14 heavy (non-hydrogen) atoms. The highest BCUT2D eigenvalue weighted by molar-refractivity contribution is 5.42. The summed E-state index contributed by atoms with van der Waals surface area (Å²) in [6, 6.07) is 8.60. The lowest BCUT2D eigenvalue weighted by Gasteiger charge is -2.21. The van der Waals surface area contributed by atoms with Crippen molar-refractivity contribution in [1.82, 2.24) is 0 Å². The zero-order valence-electron chi connectivity index (χ0n) is 8.88. The summed E-state index contributed by atoms with van der Waals surface area (Å²) in [4.78, 5) is 0. The Kier molecular flexibility index (Phi) is 2.11. The van der Waals surface area contributed by atoms with Crippen LogP contribution in [0.2, 0.25) is 0 Å². The SMILES string of the molecule is C#CC(C)(C)c1ccccc1C1CC1. The fraction of sp³-hybridized carbons (Fsp3) is 0.429. The molecule has 0 N–H and O–H groups in total. The van der Waals surface area contributed by atoms with Gasteiger partial charge in [0.1, 0.15) is 0 Å². The normalized spacial score (nSPS) is 16.4. The Bertz CT molecular complexity index is 375. The van der Waals surface area contributed by atoms with E-state index < -0.39 is 0 Å². The van der Waals surface area contributed by atoms with Crippen molar-refractivity contribution in [2.75, 3.05) is 0 Å². The summed E-state index contributed by atoms with van der Waals surface area (Å²) in [5, 5.41) is 0. The van der Waals surface area contributed by atoms with Crippen molar-refractivity contribution in [3.63, 3.8) is 0 Å². The van der Waals surface area contributed by atoms with Gasteiger partial charge in [0.15, 0.2) is 0 Å². The number of hydrogen-bond acceptors (Lipinski definition) is 0. The summed E-state index contributed by atoms with van der Waals surface area (Å²) in [6.07, 6.45) is 8.24.